The topological polar surface area (TPSA) is 240 Å². The van der Waals surface area contributed by atoms with E-state index in [4.69, 9.17) is 15.9 Å². The molecule has 4 fully saturated rings. The maximum Gasteiger partial charge on any atom is 0.262 e. The van der Waals surface area contributed by atoms with E-state index in [1.165, 1.54) is 12.1 Å². The minimum Gasteiger partial charge on any atom is -0.457 e. The van der Waals surface area contributed by atoms with Gasteiger partial charge in [-0.3, -0.25) is 54.1 Å². The number of benzene rings is 3. The van der Waals surface area contributed by atoms with Crippen molar-refractivity contribution in [3.05, 3.63) is 101 Å². The number of amides is 7. The Morgan fingerprint density at radius 2 is 1.47 bits per heavy atom. The number of nitrogens with zero attached hydrogens (tertiary/aromatic N) is 4. The van der Waals surface area contributed by atoms with Gasteiger partial charge in [0.05, 0.1) is 23.4 Å². The Bertz CT molecular complexity index is 2370. The average Bonchev–Trinajstić information content (AvgIpc) is 3.55. The van der Waals surface area contributed by atoms with Crippen molar-refractivity contribution >= 4 is 52.7 Å². The summed E-state index contributed by atoms with van der Waals surface area (Å²) in [6, 6.07) is 20.0. The molecule has 0 bridgehead atoms. The standard InChI is InChI=1S/C46H52N10O8/c47-41(29-6-9-32(10-7-29)64-31-4-2-1-3-5-31)40(42(48)60)43-49-18-14-35(51-43)28-15-20-54(21-16-28)38(58)17-19-53-22-24-55(25-23-53)39(59)27-50-30-8-11-33-34(26-30)46(63)56(45(33)62)36-12-13-37(57)52-44(36)61/h1-11,26,28,35-36,47,49-51H,12-25,27H2,(H2,48,60)(H,52,57,61)/b43-40+,47-41?/t35-,36?/m0/s1. The summed E-state index contributed by atoms with van der Waals surface area (Å²) in [5.41, 5.74) is 7.26. The molecule has 2 atom stereocenters. The summed E-state index contributed by atoms with van der Waals surface area (Å²) in [4.78, 5) is 96.1. The zero-order chi connectivity index (χ0) is 44.9. The lowest BCUT2D eigenvalue weighted by Crippen LogP contribution is -2.54. The molecular weight excluding hydrogens is 821 g/mol. The largest absolute Gasteiger partial charge is 0.457 e. The lowest BCUT2D eigenvalue weighted by atomic mass is 9.86. The monoisotopic (exact) mass is 872 g/mol. The van der Waals surface area contributed by atoms with Crippen molar-refractivity contribution in [3.8, 4) is 11.5 Å². The Kier molecular flexibility index (Phi) is 13.0. The molecule has 3 aromatic carbocycles. The molecule has 0 aliphatic carbocycles. The second kappa shape index (κ2) is 19.1. The summed E-state index contributed by atoms with van der Waals surface area (Å²) in [5.74, 6) is -1.04. The van der Waals surface area contributed by atoms with Gasteiger partial charge < -0.3 is 36.2 Å². The lowest BCUT2D eigenvalue weighted by Gasteiger charge is -2.40. The first kappa shape index (κ1) is 43.6. The molecule has 18 heteroatoms. The fraction of sp³-hybridized carbons (Fsp3) is 0.391. The van der Waals surface area contributed by atoms with Gasteiger partial charge in [0.15, 0.2) is 0 Å². The van der Waals surface area contributed by atoms with Crippen LogP contribution >= 0.6 is 0 Å². The fourth-order valence-electron chi connectivity index (χ4n) is 9.06. The van der Waals surface area contributed by atoms with Crippen molar-refractivity contribution in [1.29, 1.82) is 5.41 Å². The Morgan fingerprint density at radius 3 is 2.17 bits per heavy atom. The van der Waals surface area contributed by atoms with Crippen molar-refractivity contribution in [2.75, 3.05) is 64.2 Å². The van der Waals surface area contributed by atoms with E-state index in [0.717, 1.165) is 24.2 Å². The third-order valence-corrected chi connectivity index (χ3v) is 12.7. The van der Waals surface area contributed by atoms with E-state index in [0.29, 0.717) is 87.3 Å². The van der Waals surface area contributed by atoms with Gasteiger partial charge in [-0.2, -0.15) is 0 Å². The van der Waals surface area contributed by atoms with Crippen LogP contribution in [-0.2, 0) is 24.0 Å². The SMILES string of the molecule is N=C(/C(C(N)=O)=C1/NCC[C@@H](C2CCN(C(=O)CCN3CCN(C(=O)CNc4ccc5c(c4)C(=O)N(C4CCC(=O)NC4=O)C5=O)CC3)CC2)N1)c1ccc(Oc2ccccc2)cc1. The van der Waals surface area contributed by atoms with Crippen LogP contribution in [0.4, 0.5) is 5.69 Å². The van der Waals surface area contributed by atoms with E-state index in [1.807, 2.05) is 35.2 Å². The number of nitrogens with two attached hydrogens (primary N) is 1. The van der Waals surface area contributed by atoms with Crippen LogP contribution in [-0.4, -0.2) is 138 Å². The van der Waals surface area contributed by atoms with Gasteiger partial charge in [0, 0.05) is 82.5 Å². The Labute approximate surface area is 370 Å². The predicted octanol–water partition coefficient (Wildman–Crippen LogP) is 1.78. The van der Waals surface area contributed by atoms with Crippen LogP contribution < -0.4 is 31.7 Å². The van der Waals surface area contributed by atoms with E-state index >= 15 is 0 Å². The number of imide groups is 2. The number of para-hydroxylation sites is 1. The van der Waals surface area contributed by atoms with E-state index in [1.54, 1.807) is 35.2 Å². The molecule has 7 N–H and O–H groups in total. The minimum atomic E-state index is -1.05. The first-order valence-corrected chi connectivity index (χ1v) is 21.8. The van der Waals surface area contributed by atoms with Crippen LogP contribution in [0.5, 0.6) is 11.5 Å². The van der Waals surface area contributed by atoms with Crippen LogP contribution in [0, 0.1) is 11.3 Å². The number of hydrogen-bond acceptors (Lipinski definition) is 13. The summed E-state index contributed by atoms with van der Waals surface area (Å²) in [7, 11) is 0. The average molecular weight is 873 g/mol. The molecule has 0 spiro atoms. The first-order chi connectivity index (χ1) is 30.9. The number of fused-ring (bicyclic) bond motifs is 1. The van der Waals surface area contributed by atoms with Crippen molar-refractivity contribution in [3.63, 3.8) is 0 Å². The number of piperazine rings is 1. The number of nitrogens with one attached hydrogen (secondary N) is 5. The predicted molar refractivity (Wildman–Crippen MR) is 234 cm³/mol. The molecule has 7 amide bonds. The number of rotatable bonds is 13. The number of anilines is 1. The molecule has 18 nitrogen and oxygen atoms in total. The van der Waals surface area contributed by atoms with Crippen molar-refractivity contribution < 1.29 is 38.3 Å². The van der Waals surface area contributed by atoms with Crippen molar-refractivity contribution in [2.45, 2.75) is 50.6 Å². The highest BCUT2D eigenvalue weighted by molar-refractivity contribution is 6.27. The molecule has 5 aliphatic heterocycles. The molecule has 4 saturated heterocycles. The number of hydrogen-bond donors (Lipinski definition) is 6. The fourth-order valence-corrected chi connectivity index (χ4v) is 9.06. The van der Waals surface area contributed by atoms with Gasteiger partial charge in [0.2, 0.25) is 23.6 Å². The van der Waals surface area contributed by atoms with E-state index in [9.17, 15) is 33.6 Å². The summed E-state index contributed by atoms with van der Waals surface area (Å²) < 4.78 is 5.88. The summed E-state index contributed by atoms with van der Waals surface area (Å²) in [6.07, 6.45) is 2.91. The van der Waals surface area contributed by atoms with Gasteiger partial charge in [0.25, 0.3) is 17.7 Å². The van der Waals surface area contributed by atoms with Gasteiger partial charge in [-0.05, 0) is 86.2 Å². The third kappa shape index (κ3) is 9.61. The quantitative estimate of drug-likeness (QED) is 0.0819. The van der Waals surface area contributed by atoms with Crippen molar-refractivity contribution in [1.82, 2.24) is 35.6 Å². The number of ether oxygens (including phenoxy) is 1. The highest BCUT2D eigenvalue weighted by atomic mass is 16.5. The Morgan fingerprint density at radius 1 is 0.781 bits per heavy atom. The van der Waals surface area contributed by atoms with Crippen molar-refractivity contribution in [2.24, 2.45) is 11.7 Å². The van der Waals surface area contributed by atoms with Gasteiger partial charge in [-0.1, -0.05) is 18.2 Å². The zero-order valence-electron chi connectivity index (χ0n) is 35.4. The van der Waals surface area contributed by atoms with E-state index in [2.05, 4.69) is 26.2 Å². The number of primary amides is 1. The minimum absolute atomic E-state index is 0.00888. The maximum absolute atomic E-state index is 13.3. The number of piperidine rings is 2. The molecule has 0 aromatic heterocycles. The van der Waals surface area contributed by atoms with E-state index < -0.39 is 35.6 Å². The van der Waals surface area contributed by atoms with Crippen LogP contribution in [0.25, 0.3) is 0 Å². The number of carbonyl (C=O) groups excluding carboxylic acids is 7. The molecule has 3 aromatic rings. The molecule has 0 radical (unpaired) electrons. The summed E-state index contributed by atoms with van der Waals surface area (Å²) >= 11 is 0. The Balaban J connectivity index is 0.754. The zero-order valence-corrected chi connectivity index (χ0v) is 35.4. The molecule has 1 unspecified atom stereocenters. The second-order valence-corrected chi connectivity index (χ2v) is 16.6. The molecule has 334 valence electrons. The normalized spacial score (nSPS) is 21.3. The first-order valence-electron chi connectivity index (χ1n) is 21.8. The highest BCUT2D eigenvalue weighted by Crippen LogP contribution is 2.30. The van der Waals surface area contributed by atoms with Crippen LogP contribution in [0.1, 0.15) is 64.8 Å². The van der Waals surface area contributed by atoms with Crippen LogP contribution in [0.2, 0.25) is 0 Å². The smallest absolute Gasteiger partial charge is 0.262 e. The van der Waals surface area contributed by atoms with Gasteiger partial charge >= 0.3 is 0 Å². The second-order valence-electron chi connectivity index (χ2n) is 16.6. The lowest BCUT2D eigenvalue weighted by molar-refractivity contribution is -0.136. The number of carbonyl (C=O) groups is 7. The summed E-state index contributed by atoms with van der Waals surface area (Å²) in [5, 5.41) is 20.9. The summed E-state index contributed by atoms with van der Waals surface area (Å²) in [6.45, 7) is 4.71. The molecular formula is C46H52N10O8. The molecule has 5 heterocycles. The van der Waals surface area contributed by atoms with Crippen LogP contribution in [0.3, 0.4) is 0 Å². The van der Waals surface area contributed by atoms with E-state index in [-0.39, 0.29) is 65.6 Å². The molecule has 8 rings (SSSR count). The molecule has 0 saturated carbocycles. The van der Waals surface area contributed by atoms with Crippen LogP contribution in [0.15, 0.2) is 84.2 Å². The molecule has 5 aliphatic rings. The maximum atomic E-state index is 13.3. The molecule has 64 heavy (non-hydrogen) atoms. The Hall–Kier alpha value is -7.08. The van der Waals surface area contributed by atoms with Gasteiger partial charge in [-0.25, -0.2) is 0 Å². The van der Waals surface area contributed by atoms with Gasteiger partial charge in [0.1, 0.15) is 28.9 Å². The third-order valence-electron chi connectivity index (χ3n) is 12.7. The highest BCUT2D eigenvalue weighted by Gasteiger charge is 2.44. The number of likely N-dealkylation sites (tertiary alicyclic amines) is 1. The van der Waals surface area contributed by atoms with Gasteiger partial charge in [-0.15, -0.1) is 0 Å².